The van der Waals surface area contributed by atoms with Gasteiger partial charge < -0.3 is 20.1 Å². The van der Waals surface area contributed by atoms with E-state index < -0.39 is 35.7 Å². The lowest BCUT2D eigenvalue weighted by Gasteiger charge is -2.22. The third-order valence-electron chi connectivity index (χ3n) is 5.00. The number of carbonyl (C=O) groups is 3. The fourth-order valence-corrected chi connectivity index (χ4v) is 3.31. The van der Waals surface area contributed by atoms with Gasteiger partial charge in [0.1, 0.15) is 17.9 Å². The van der Waals surface area contributed by atoms with Crippen LogP contribution in [0.2, 0.25) is 0 Å². The van der Waals surface area contributed by atoms with Crippen LogP contribution in [0.3, 0.4) is 0 Å². The van der Waals surface area contributed by atoms with E-state index in [1.54, 1.807) is 32.0 Å². The molecule has 2 aromatic carbocycles. The molecule has 0 saturated carbocycles. The maximum Gasteiger partial charge on any atom is 0.325 e. The van der Waals surface area contributed by atoms with Crippen molar-refractivity contribution in [2.45, 2.75) is 19.4 Å². The van der Waals surface area contributed by atoms with E-state index in [1.165, 1.54) is 18.2 Å². The van der Waals surface area contributed by atoms with Crippen LogP contribution in [0, 0.1) is 12.7 Å². The number of ether oxygens (including phenoxy) is 2. The number of benzene rings is 2. The molecule has 2 aliphatic heterocycles. The summed E-state index contributed by atoms with van der Waals surface area (Å²) in [5.41, 5.74) is 0.0827. The summed E-state index contributed by atoms with van der Waals surface area (Å²) in [5.74, 6) is -0.666. The van der Waals surface area contributed by atoms with Crippen LogP contribution in [0.4, 0.5) is 14.9 Å². The summed E-state index contributed by atoms with van der Waals surface area (Å²) in [6.45, 7) is 2.85. The predicted molar refractivity (Wildman–Crippen MR) is 99.9 cm³/mol. The van der Waals surface area contributed by atoms with E-state index in [9.17, 15) is 18.8 Å². The lowest BCUT2D eigenvalue weighted by Crippen LogP contribution is -2.42. The van der Waals surface area contributed by atoms with Crippen LogP contribution in [0.5, 0.6) is 11.5 Å². The van der Waals surface area contributed by atoms with Gasteiger partial charge in [0.05, 0.1) is 0 Å². The Morgan fingerprint density at radius 3 is 2.76 bits per heavy atom. The minimum absolute atomic E-state index is 0.0849. The number of amides is 4. The lowest BCUT2D eigenvalue weighted by atomic mass is 9.91. The third kappa shape index (κ3) is 3.24. The van der Waals surface area contributed by atoms with Crippen molar-refractivity contribution in [1.29, 1.82) is 0 Å². The first-order chi connectivity index (χ1) is 13.8. The summed E-state index contributed by atoms with van der Waals surface area (Å²) >= 11 is 0. The van der Waals surface area contributed by atoms with E-state index in [1.807, 2.05) is 0 Å². The molecular weight excluding hydrogens is 381 g/mol. The van der Waals surface area contributed by atoms with Crippen molar-refractivity contribution in [3.63, 3.8) is 0 Å². The second-order valence-corrected chi connectivity index (χ2v) is 7.02. The predicted octanol–water partition coefficient (Wildman–Crippen LogP) is 2.27. The Bertz CT molecular complexity index is 1040. The van der Waals surface area contributed by atoms with Gasteiger partial charge >= 0.3 is 6.03 Å². The summed E-state index contributed by atoms with van der Waals surface area (Å²) in [6, 6.07) is 8.22. The quantitative estimate of drug-likeness (QED) is 0.769. The first kappa shape index (κ1) is 18.7. The molecule has 2 N–H and O–H groups in total. The number of fused-ring (bicyclic) bond motifs is 1. The maximum atomic E-state index is 13.4. The molecule has 29 heavy (non-hydrogen) atoms. The van der Waals surface area contributed by atoms with E-state index in [0.29, 0.717) is 22.6 Å². The number of imide groups is 1. The van der Waals surface area contributed by atoms with E-state index in [2.05, 4.69) is 10.6 Å². The van der Waals surface area contributed by atoms with Gasteiger partial charge in [0, 0.05) is 5.69 Å². The number of rotatable bonds is 4. The zero-order valence-corrected chi connectivity index (χ0v) is 15.7. The Labute approximate surface area is 165 Å². The average molecular weight is 399 g/mol. The molecule has 0 radical (unpaired) electrons. The maximum absolute atomic E-state index is 13.4. The minimum Gasteiger partial charge on any atom is -0.454 e. The SMILES string of the molecule is Cc1ccc(F)cc1NC(=O)CN1C(=O)NC(C)(c2ccc3c(c2)OCO3)C1=O. The standard InChI is InChI=1S/C20H18FN3O5/c1-11-3-5-13(21)8-14(11)22-17(25)9-24-18(26)20(2,23-19(24)27)12-4-6-15-16(7-12)29-10-28-15/h3-8H,9-10H2,1-2H3,(H,22,25)(H,23,27). The van der Waals surface area contributed by atoms with Crippen molar-refractivity contribution in [3.8, 4) is 11.5 Å². The molecule has 2 heterocycles. The van der Waals surface area contributed by atoms with Crippen LogP contribution >= 0.6 is 0 Å². The fourth-order valence-electron chi connectivity index (χ4n) is 3.31. The summed E-state index contributed by atoms with van der Waals surface area (Å²) in [7, 11) is 0. The van der Waals surface area contributed by atoms with E-state index >= 15 is 0 Å². The molecule has 1 fully saturated rings. The van der Waals surface area contributed by atoms with Crippen molar-refractivity contribution >= 4 is 23.5 Å². The zero-order chi connectivity index (χ0) is 20.8. The van der Waals surface area contributed by atoms with Crippen LogP contribution in [-0.4, -0.2) is 36.1 Å². The summed E-state index contributed by atoms with van der Waals surface area (Å²) in [5, 5.41) is 5.16. The fraction of sp³-hybridized carbons (Fsp3) is 0.250. The van der Waals surface area contributed by atoms with Crippen LogP contribution in [-0.2, 0) is 15.1 Å². The molecule has 4 amide bonds. The van der Waals surface area contributed by atoms with Crippen molar-refractivity contribution in [3.05, 3.63) is 53.3 Å². The van der Waals surface area contributed by atoms with Gasteiger partial charge in [-0.3, -0.25) is 14.5 Å². The number of nitrogens with one attached hydrogen (secondary N) is 2. The summed E-state index contributed by atoms with van der Waals surface area (Å²) in [6.07, 6.45) is 0. The van der Waals surface area contributed by atoms with Gasteiger partial charge in [-0.1, -0.05) is 12.1 Å². The normalized spacial score (nSPS) is 20.0. The molecule has 0 aromatic heterocycles. The topological polar surface area (TPSA) is 97.0 Å². The third-order valence-corrected chi connectivity index (χ3v) is 5.00. The van der Waals surface area contributed by atoms with E-state index in [-0.39, 0.29) is 12.5 Å². The Morgan fingerprint density at radius 1 is 1.21 bits per heavy atom. The highest BCUT2D eigenvalue weighted by Crippen LogP contribution is 2.37. The number of carbonyl (C=O) groups excluding carboxylic acids is 3. The van der Waals surface area contributed by atoms with Gasteiger partial charge in [-0.2, -0.15) is 0 Å². The summed E-state index contributed by atoms with van der Waals surface area (Å²) < 4.78 is 24.0. The van der Waals surface area contributed by atoms with E-state index in [0.717, 1.165) is 4.90 Å². The molecule has 0 bridgehead atoms. The molecule has 8 nitrogen and oxygen atoms in total. The van der Waals surface area contributed by atoms with Gasteiger partial charge in [0.25, 0.3) is 5.91 Å². The number of urea groups is 1. The van der Waals surface area contributed by atoms with Gasteiger partial charge in [-0.05, 0) is 49.2 Å². The second kappa shape index (κ2) is 6.77. The highest BCUT2D eigenvalue weighted by atomic mass is 19.1. The number of hydrogen-bond donors (Lipinski definition) is 2. The molecule has 4 rings (SSSR count). The molecule has 1 unspecified atom stereocenters. The van der Waals surface area contributed by atoms with Crippen LogP contribution < -0.4 is 20.1 Å². The number of hydrogen-bond acceptors (Lipinski definition) is 5. The van der Waals surface area contributed by atoms with Crippen LogP contribution in [0.15, 0.2) is 36.4 Å². The van der Waals surface area contributed by atoms with Crippen molar-refractivity contribution in [2.24, 2.45) is 0 Å². The molecular formula is C20H18FN3O5. The monoisotopic (exact) mass is 399 g/mol. The van der Waals surface area contributed by atoms with Crippen molar-refractivity contribution in [2.75, 3.05) is 18.7 Å². The summed E-state index contributed by atoms with van der Waals surface area (Å²) in [4.78, 5) is 38.6. The Balaban J connectivity index is 1.52. The van der Waals surface area contributed by atoms with Gasteiger partial charge in [-0.15, -0.1) is 0 Å². The molecule has 150 valence electrons. The van der Waals surface area contributed by atoms with Crippen LogP contribution in [0.1, 0.15) is 18.1 Å². The number of anilines is 1. The molecule has 0 spiro atoms. The number of aryl methyl sites for hydroxylation is 1. The van der Waals surface area contributed by atoms with Gasteiger partial charge in [-0.25, -0.2) is 9.18 Å². The Morgan fingerprint density at radius 2 is 1.97 bits per heavy atom. The molecule has 2 aliphatic rings. The minimum atomic E-state index is -1.35. The average Bonchev–Trinajstić information content (AvgIpc) is 3.23. The highest BCUT2D eigenvalue weighted by molar-refractivity contribution is 6.10. The smallest absolute Gasteiger partial charge is 0.325 e. The largest absolute Gasteiger partial charge is 0.454 e. The molecule has 9 heteroatoms. The second-order valence-electron chi connectivity index (χ2n) is 7.02. The first-order valence-electron chi connectivity index (χ1n) is 8.88. The number of halogens is 1. The Kier molecular flexibility index (Phi) is 4.37. The van der Waals surface area contributed by atoms with E-state index in [4.69, 9.17) is 9.47 Å². The van der Waals surface area contributed by atoms with Crippen molar-refractivity contribution in [1.82, 2.24) is 10.2 Å². The Hall–Kier alpha value is -3.62. The molecule has 2 aromatic rings. The lowest BCUT2D eigenvalue weighted by molar-refractivity contribution is -0.133. The first-order valence-corrected chi connectivity index (χ1v) is 8.88. The zero-order valence-electron chi connectivity index (χ0n) is 15.7. The van der Waals surface area contributed by atoms with Crippen molar-refractivity contribution < 1.29 is 28.2 Å². The molecule has 0 aliphatic carbocycles. The molecule has 1 atom stereocenters. The van der Waals surface area contributed by atoms with Crippen LogP contribution in [0.25, 0.3) is 0 Å². The molecule has 1 saturated heterocycles. The number of nitrogens with zero attached hydrogens (tertiary/aromatic N) is 1. The van der Waals surface area contributed by atoms with Gasteiger partial charge in [0.15, 0.2) is 11.5 Å². The highest BCUT2D eigenvalue weighted by Gasteiger charge is 2.49. The van der Waals surface area contributed by atoms with Gasteiger partial charge in [0.2, 0.25) is 12.7 Å².